The third-order valence-electron chi connectivity index (χ3n) is 4.43. The first-order valence-corrected chi connectivity index (χ1v) is 10.8. The van der Waals surface area contributed by atoms with Crippen molar-refractivity contribution >= 4 is 27.6 Å². The Kier molecular flexibility index (Phi) is 6.86. The Morgan fingerprint density at radius 2 is 1.87 bits per heavy atom. The summed E-state index contributed by atoms with van der Waals surface area (Å²) in [5, 5.41) is 0.648. The summed E-state index contributed by atoms with van der Waals surface area (Å²) < 4.78 is 48.0. The fourth-order valence-corrected chi connectivity index (χ4v) is 3.31. The first-order valence-electron chi connectivity index (χ1n) is 8.94. The van der Waals surface area contributed by atoms with E-state index in [0.717, 1.165) is 16.7 Å². The largest absolute Gasteiger partial charge is 0.487 e. The van der Waals surface area contributed by atoms with Gasteiger partial charge < -0.3 is 4.74 Å². The highest BCUT2D eigenvalue weighted by molar-refractivity contribution is 7.90. The van der Waals surface area contributed by atoms with E-state index in [0.29, 0.717) is 17.4 Å². The molecule has 0 aliphatic heterocycles. The van der Waals surface area contributed by atoms with Crippen molar-refractivity contribution in [3.8, 4) is 5.75 Å². The molecule has 0 atom stereocenters. The summed E-state index contributed by atoms with van der Waals surface area (Å²) in [6, 6.07) is 8.80. The van der Waals surface area contributed by atoms with Crippen LogP contribution in [0.25, 0.3) is 0 Å². The highest BCUT2D eigenvalue weighted by Gasteiger charge is 2.16. The average Bonchev–Trinajstić information content (AvgIpc) is 2.72. The van der Waals surface area contributed by atoms with Crippen LogP contribution in [-0.2, 0) is 23.2 Å². The van der Waals surface area contributed by atoms with E-state index >= 15 is 0 Å². The van der Waals surface area contributed by atoms with Crippen molar-refractivity contribution in [1.82, 2.24) is 14.7 Å². The van der Waals surface area contributed by atoms with Gasteiger partial charge in [0, 0.05) is 30.9 Å². The molecule has 0 saturated carbocycles. The van der Waals surface area contributed by atoms with E-state index in [1.807, 2.05) is 19.1 Å². The number of anilines is 1. The predicted octanol–water partition coefficient (Wildman–Crippen LogP) is 3.62. The molecular weight excluding hydrogens is 431 g/mol. The van der Waals surface area contributed by atoms with E-state index in [2.05, 4.69) is 19.4 Å². The Hall–Kier alpha value is -2.75. The molecule has 0 spiro atoms. The van der Waals surface area contributed by atoms with E-state index < -0.39 is 16.0 Å². The molecule has 0 amide bonds. The Bertz CT molecular complexity index is 1140. The lowest BCUT2D eigenvalue weighted by molar-refractivity contribution is 0.302. The Morgan fingerprint density at radius 1 is 1.13 bits per heavy atom. The molecule has 0 saturated heterocycles. The SMILES string of the molecule is CNS(=O)(=O)Nc1nccc(Cc2cncc(OCc3ccc(Cl)cc3)c2C)c1F. The highest BCUT2D eigenvalue weighted by Crippen LogP contribution is 2.25. The Labute approximate surface area is 179 Å². The van der Waals surface area contributed by atoms with Crippen LogP contribution in [0.3, 0.4) is 0 Å². The van der Waals surface area contributed by atoms with Crippen LogP contribution < -0.4 is 14.2 Å². The Balaban J connectivity index is 1.79. The van der Waals surface area contributed by atoms with Crippen molar-refractivity contribution in [2.45, 2.75) is 20.0 Å². The molecule has 2 heterocycles. The molecule has 0 radical (unpaired) electrons. The van der Waals surface area contributed by atoms with Gasteiger partial charge in [-0.2, -0.15) is 8.42 Å². The molecular formula is C20H20ClFN4O3S. The summed E-state index contributed by atoms with van der Waals surface area (Å²) >= 11 is 5.89. The minimum atomic E-state index is -3.88. The first kappa shape index (κ1) is 21.9. The van der Waals surface area contributed by atoms with Gasteiger partial charge in [0.15, 0.2) is 11.6 Å². The lowest BCUT2D eigenvalue weighted by atomic mass is 10.0. The van der Waals surface area contributed by atoms with Gasteiger partial charge in [0.05, 0.1) is 6.20 Å². The summed E-state index contributed by atoms with van der Waals surface area (Å²) in [6.07, 6.45) is 4.76. The number of hydrogen-bond donors (Lipinski definition) is 2. The summed E-state index contributed by atoms with van der Waals surface area (Å²) in [5.74, 6) is -0.543. The van der Waals surface area contributed by atoms with Gasteiger partial charge in [-0.25, -0.2) is 14.1 Å². The fourth-order valence-electron chi connectivity index (χ4n) is 2.69. The zero-order valence-corrected chi connectivity index (χ0v) is 17.9. The summed E-state index contributed by atoms with van der Waals surface area (Å²) in [4.78, 5) is 7.95. The monoisotopic (exact) mass is 450 g/mol. The fraction of sp³-hybridized carbons (Fsp3) is 0.200. The number of nitrogens with one attached hydrogen (secondary N) is 2. The molecule has 0 aliphatic carbocycles. The molecule has 2 N–H and O–H groups in total. The maximum Gasteiger partial charge on any atom is 0.300 e. The molecule has 7 nitrogen and oxygen atoms in total. The summed E-state index contributed by atoms with van der Waals surface area (Å²) in [6.45, 7) is 2.20. The molecule has 3 rings (SSSR count). The number of halogens is 2. The predicted molar refractivity (Wildman–Crippen MR) is 113 cm³/mol. The lowest BCUT2D eigenvalue weighted by Crippen LogP contribution is -2.27. The van der Waals surface area contributed by atoms with Crippen molar-refractivity contribution in [2.24, 2.45) is 0 Å². The van der Waals surface area contributed by atoms with E-state index in [9.17, 15) is 12.8 Å². The van der Waals surface area contributed by atoms with Gasteiger partial charge in [0.2, 0.25) is 0 Å². The number of ether oxygens (including phenoxy) is 1. The maximum atomic E-state index is 14.8. The van der Waals surface area contributed by atoms with E-state index in [1.54, 1.807) is 24.5 Å². The zero-order chi connectivity index (χ0) is 21.7. The topological polar surface area (TPSA) is 93.2 Å². The van der Waals surface area contributed by atoms with Crippen LogP contribution in [0.2, 0.25) is 5.02 Å². The third kappa shape index (κ3) is 5.44. The van der Waals surface area contributed by atoms with Crippen molar-refractivity contribution in [1.29, 1.82) is 0 Å². The maximum absolute atomic E-state index is 14.8. The van der Waals surface area contributed by atoms with Crippen LogP contribution in [0.5, 0.6) is 5.75 Å². The molecule has 0 bridgehead atoms. The van der Waals surface area contributed by atoms with E-state index in [1.165, 1.54) is 19.3 Å². The van der Waals surface area contributed by atoms with Gasteiger partial charge in [-0.3, -0.25) is 9.71 Å². The smallest absolute Gasteiger partial charge is 0.300 e. The van der Waals surface area contributed by atoms with E-state index in [4.69, 9.17) is 16.3 Å². The van der Waals surface area contributed by atoms with Crippen molar-refractivity contribution in [3.05, 3.63) is 82.0 Å². The second-order valence-corrected chi connectivity index (χ2v) is 8.51. The van der Waals surface area contributed by atoms with Crippen LogP contribution in [0.15, 0.2) is 48.9 Å². The van der Waals surface area contributed by atoms with E-state index in [-0.39, 0.29) is 17.8 Å². The van der Waals surface area contributed by atoms with Crippen molar-refractivity contribution < 1.29 is 17.5 Å². The molecule has 2 aromatic heterocycles. The van der Waals surface area contributed by atoms with Gasteiger partial charge in [-0.05, 0) is 47.4 Å². The number of nitrogens with zero attached hydrogens (tertiary/aromatic N) is 2. The standard InChI is InChI=1S/C20H20ClFN4O3S/c1-13-16(9-15-7-8-25-20(19(15)22)26-30(27,28)23-2)10-24-11-18(13)29-12-14-3-5-17(21)6-4-14/h3-8,10-11,23H,9,12H2,1-2H3,(H,25,26). The molecule has 30 heavy (non-hydrogen) atoms. The molecule has 0 aliphatic rings. The van der Waals surface area contributed by atoms with Crippen molar-refractivity contribution in [3.63, 3.8) is 0 Å². The molecule has 0 fully saturated rings. The van der Waals surface area contributed by atoms with Crippen LogP contribution in [-0.4, -0.2) is 25.4 Å². The summed E-state index contributed by atoms with van der Waals surface area (Å²) in [7, 11) is -2.66. The quantitative estimate of drug-likeness (QED) is 0.546. The molecule has 3 aromatic rings. The minimum Gasteiger partial charge on any atom is -0.487 e. The number of rotatable bonds is 8. The average molecular weight is 451 g/mol. The normalized spacial score (nSPS) is 11.3. The van der Waals surface area contributed by atoms with Crippen LogP contribution in [0, 0.1) is 12.7 Å². The van der Waals surface area contributed by atoms with Crippen molar-refractivity contribution in [2.75, 3.05) is 11.8 Å². The van der Waals surface area contributed by atoms with Gasteiger partial charge in [-0.15, -0.1) is 0 Å². The first-order chi connectivity index (χ1) is 14.3. The number of hydrogen-bond acceptors (Lipinski definition) is 5. The van der Waals surface area contributed by atoms with Crippen LogP contribution in [0.4, 0.5) is 10.2 Å². The second kappa shape index (κ2) is 9.38. The molecule has 1 aromatic carbocycles. The zero-order valence-electron chi connectivity index (χ0n) is 16.3. The Morgan fingerprint density at radius 3 is 2.57 bits per heavy atom. The lowest BCUT2D eigenvalue weighted by Gasteiger charge is -2.14. The number of pyridine rings is 2. The third-order valence-corrected chi connectivity index (χ3v) is 5.68. The van der Waals surface area contributed by atoms with Gasteiger partial charge in [0.25, 0.3) is 10.2 Å². The number of benzene rings is 1. The second-order valence-electron chi connectivity index (χ2n) is 6.46. The van der Waals surface area contributed by atoms with Crippen LogP contribution >= 0.6 is 11.6 Å². The van der Waals surface area contributed by atoms with Gasteiger partial charge in [-0.1, -0.05) is 23.7 Å². The molecule has 158 valence electrons. The van der Waals surface area contributed by atoms with Crippen LogP contribution in [0.1, 0.15) is 22.3 Å². The molecule has 0 unspecified atom stereocenters. The minimum absolute atomic E-state index is 0.194. The van der Waals surface area contributed by atoms with Gasteiger partial charge in [0.1, 0.15) is 12.4 Å². The summed E-state index contributed by atoms with van der Waals surface area (Å²) in [5.41, 5.74) is 2.79. The van der Waals surface area contributed by atoms with Gasteiger partial charge >= 0.3 is 0 Å². The molecule has 10 heteroatoms. The number of aromatic nitrogens is 2. The highest BCUT2D eigenvalue weighted by atomic mass is 35.5.